The summed E-state index contributed by atoms with van der Waals surface area (Å²) in [5.41, 5.74) is 5.61. The van der Waals surface area contributed by atoms with Gasteiger partial charge in [-0.15, -0.1) is 0 Å². The van der Waals surface area contributed by atoms with Crippen LogP contribution < -0.4 is 5.73 Å². The lowest BCUT2D eigenvalue weighted by atomic mass is 9.88. The summed E-state index contributed by atoms with van der Waals surface area (Å²) in [6.07, 6.45) is 4.47. The fourth-order valence-electron chi connectivity index (χ4n) is 2.83. The number of nitrogens with two attached hydrogens (primary N) is 1. The number of aliphatic hydroxyl groups excluding tert-OH is 1. The fraction of sp³-hybridized carbons (Fsp3) is 0.929. The van der Waals surface area contributed by atoms with Crippen LogP contribution in [-0.2, 0) is 4.79 Å². The minimum absolute atomic E-state index is 0.0597. The van der Waals surface area contributed by atoms with E-state index in [0.29, 0.717) is 24.8 Å². The predicted molar refractivity (Wildman–Crippen MR) is 73.1 cm³/mol. The molecule has 1 fully saturated rings. The Morgan fingerprint density at radius 3 is 2.72 bits per heavy atom. The lowest BCUT2D eigenvalue weighted by Crippen LogP contribution is -2.37. The maximum atomic E-state index is 12.1. The van der Waals surface area contributed by atoms with Crippen molar-refractivity contribution >= 4 is 5.91 Å². The molecule has 18 heavy (non-hydrogen) atoms. The highest BCUT2D eigenvalue weighted by Crippen LogP contribution is 2.23. The van der Waals surface area contributed by atoms with Crippen molar-refractivity contribution in [3.63, 3.8) is 0 Å². The first kappa shape index (κ1) is 15.4. The quantitative estimate of drug-likeness (QED) is 0.723. The molecule has 1 rings (SSSR count). The molecule has 4 heteroatoms. The van der Waals surface area contributed by atoms with Gasteiger partial charge in [-0.3, -0.25) is 4.79 Å². The van der Waals surface area contributed by atoms with E-state index in [2.05, 4.69) is 13.8 Å². The van der Waals surface area contributed by atoms with Crippen molar-refractivity contribution in [2.75, 3.05) is 19.7 Å². The van der Waals surface area contributed by atoms with Crippen LogP contribution in [0.2, 0.25) is 0 Å². The van der Waals surface area contributed by atoms with E-state index in [0.717, 1.165) is 32.2 Å². The molecule has 3 N–H and O–H groups in total. The van der Waals surface area contributed by atoms with Gasteiger partial charge < -0.3 is 15.7 Å². The van der Waals surface area contributed by atoms with Crippen molar-refractivity contribution in [1.82, 2.24) is 4.90 Å². The molecule has 106 valence electrons. The summed E-state index contributed by atoms with van der Waals surface area (Å²) in [5.74, 6) is 1.32. The Morgan fingerprint density at radius 1 is 1.44 bits per heavy atom. The van der Waals surface area contributed by atoms with Crippen LogP contribution in [-0.4, -0.2) is 41.7 Å². The minimum Gasteiger partial charge on any atom is -0.394 e. The number of aliphatic hydroxyl groups is 1. The minimum atomic E-state index is 0.0597. The molecule has 0 aromatic rings. The van der Waals surface area contributed by atoms with Crippen molar-refractivity contribution in [1.29, 1.82) is 0 Å². The molecule has 1 aliphatic rings. The highest BCUT2D eigenvalue weighted by molar-refractivity contribution is 5.76. The molecule has 1 heterocycles. The van der Waals surface area contributed by atoms with Crippen molar-refractivity contribution in [3.05, 3.63) is 0 Å². The number of carbonyl (C=O) groups is 1. The summed E-state index contributed by atoms with van der Waals surface area (Å²) in [7, 11) is 0. The number of hydrogen-bond donors (Lipinski definition) is 2. The molecule has 0 saturated carbocycles. The zero-order valence-electron chi connectivity index (χ0n) is 11.8. The van der Waals surface area contributed by atoms with Crippen LogP contribution in [0.3, 0.4) is 0 Å². The Hall–Kier alpha value is -0.610. The molecular weight excluding hydrogens is 228 g/mol. The average molecular weight is 256 g/mol. The van der Waals surface area contributed by atoms with E-state index in [9.17, 15) is 9.90 Å². The van der Waals surface area contributed by atoms with Crippen LogP contribution in [0.5, 0.6) is 0 Å². The van der Waals surface area contributed by atoms with Crippen molar-refractivity contribution in [2.24, 2.45) is 17.6 Å². The highest BCUT2D eigenvalue weighted by atomic mass is 16.3. The standard InChI is InChI=1S/C14H28N2O2/c1-11(2)12(7-8-15)5-6-14(18)16-9-3-4-13(16)10-17/h11-13,17H,3-10,15H2,1-2H3/t12?,13-/m0/s1. The largest absolute Gasteiger partial charge is 0.394 e. The first-order valence-electron chi connectivity index (χ1n) is 7.20. The normalized spacial score (nSPS) is 21.6. The predicted octanol–water partition coefficient (Wildman–Crippen LogP) is 1.37. The molecule has 4 nitrogen and oxygen atoms in total. The second kappa shape index (κ2) is 7.74. The van der Waals surface area contributed by atoms with Crippen molar-refractivity contribution < 1.29 is 9.90 Å². The molecule has 0 aromatic carbocycles. The summed E-state index contributed by atoms with van der Waals surface area (Å²) >= 11 is 0. The Bertz CT molecular complexity index is 256. The van der Waals surface area contributed by atoms with Gasteiger partial charge in [0.15, 0.2) is 0 Å². The molecule has 2 atom stereocenters. The van der Waals surface area contributed by atoms with Gasteiger partial charge in [-0.05, 0) is 44.1 Å². The van der Waals surface area contributed by atoms with Gasteiger partial charge in [0, 0.05) is 13.0 Å². The van der Waals surface area contributed by atoms with E-state index in [1.54, 1.807) is 0 Å². The summed E-state index contributed by atoms with van der Waals surface area (Å²) in [6.45, 7) is 5.99. The van der Waals surface area contributed by atoms with Crippen LogP contribution >= 0.6 is 0 Å². The summed E-state index contributed by atoms with van der Waals surface area (Å²) in [6, 6.07) is 0.0597. The van der Waals surface area contributed by atoms with E-state index in [-0.39, 0.29) is 18.6 Å². The van der Waals surface area contributed by atoms with Gasteiger partial charge in [0.1, 0.15) is 0 Å². The first-order valence-corrected chi connectivity index (χ1v) is 7.20. The summed E-state index contributed by atoms with van der Waals surface area (Å²) in [4.78, 5) is 14.0. The summed E-state index contributed by atoms with van der Waals surface area (Å²) in [5, 5.41) is 9.22. The third-order valence-corrected chi connectivity index (χ3v) is 4.12. The van der Waals surface area contributed by atoms with E-state index >= 15 is 0 Å². The van der Waals surface area contributed by atoms with Crippen LogP contribution in [0.25, 0.3) is 0 Å². The van der Waals surface area contributed by atoms with E-state index in [1.807, 2.05) is 4.90 Å². The second-order valence-corrected chi connectivity index (χ2v) is 5.69. The molecule has 0 aromatic heterocycles. The van der Waals surface area contributed by atoms with Crippen LogP contribution in [0.4, 0.5) is 0 Å². The van der Waals surface area contributed by atoms with Crippen molar-refractivity contribution in [2.45, 2.75) is 52.0 Å². The number of likely N-dealkylation sites (tertiary alicyclic amines) is 1. The maximum absolute atomic E-state index is 12.1. The lowest BCUT2D eigenvalue weighted by molar-refractivity contribution is -0.133. The molecule has 0 radical (unpaired) electrons. The van der Waals surface area contributed by atoms with Crippen LogP contribution in [0, 0.1) is 11.8 Å². The second-order valence-electron chi connectivity index (χ2n) is 5.69. The van der Waals surface area contributed by atoms with Gasteiger partial charge in [0.05, 0.1) is 12.6 Å². The van der Waals surface area contributed by atoms with E-state index in [1.165, 1.54) is 0 Å². The number of nitrogens with zero attached hydrogens (tertiary/aromatic N) is 1. The molecule has 0 spiro atoms. The van der Waals surface area contributed by atoms with Crippen LogP contribution in [0.1, 0.15) is 46.0 Å². The summed E-state index contributed by atoms with van der Waals surface area (Å²) < 4.78 is 0. The van der Waals surface area contributed by atoms with Gasteiger partial charge in [-0.2, -0.15) is 0 Å². The molecule has 1 saturated heterocycles. The number of hydrogen-bond acceptors (Lipinski definition) is 3. The monoisotopic (exact) mass is 256 g/mol. The molecule has 1 aliphatic heterocycles. The topological polar surface area (TPSA) is 66.6 Å². The number of rotatable bonds is 7. The third kappa shape index (κ3) is 4.25. The molecule has 0 aliphatic carbocycles. The first-order chi connectivity index (χ1) is 8.60. The van der Waals surface area contributed by atoms with Gasteiger partial charge in [-0.25, -0.2) is 0 Å². The van der Waals surface area contributed by atoms with Gasteiger partial charge in [0.2, 0.25) is 5.91 Å². The smallest absolute Gasteiger partial charge is 0.222 e. The molecule has 0 bridgehead atoms. The van der Waals surface area contributed by atoms with Crippen molar-refractivity contribution in [3.8, 4) is 0 Å². The van der Waals surface area contributed by atoms with Gasteiger partial charge in [0.25, 0.3) is 0 Å². The Morgan fingerprint density at radius 2 is 2.17 bits per heavy atom. The highest BCUT2D eigenvalue weighted by Gasteiger charge is 2.28. The third-order valence-electron chi connectivity index (χ3n) is 4.12. The van der Waals surface area contributed by atoms with Gasteiger partial charge in [-0.1, -0.05) is 13.8 Å². The average Bonchev–Trinajstić information content (AvgIpc) is 2.81. The Kier molecular flexibility index (Phi) is 6.65. The Labute approximate surface area is 111 Å². The number of carbonyl (C=O) groups excluding carboxylic acids is 1. The SMILES string of the molecule is CC(C)C(CCN)CCC(=O)N1CCC[C@H]1CO. The molecule has 1 amide bonds. The zero-order chi connectivity index (χ0) is 13.5. The van der Waals surface area contributed by atoms with Gasteiger partial charge >= 0.3 is 0 Å². The molecular formula is C14H28N2O2. The zero-order valence-corrected chi connectivity index (χ0v) is 11.8. The van der Waals surface area contributed by atoms with E-state index < -0.39 is 0 Å². The van der Waals surface area contributed by atoms with E-state index in [4.69, 9.17) is 5.73 Å². The maximum Gasteiger partial charge on any atom is 0.222 e. The van der Waals surface area contributed by atoms with Crippen LogP contribution in [0.15, 0.2) is 0 Å². The fourth-order valence-corrected chi connectivity index (χ4v) is 2.83. The number of amides is 1. The molecule has 1 unspecified atom stereocenters. The Balaban J connectivity index is 2.39. The lowest BCUT2D eigenvalue weighted by Gasteiger charge is -2.25.